The van der Waals surface area contributed by atoms with Crippen LogP contribution in [0.15, 0.2) is 24.3 Å². The van der Waals surface area contributed by atoms with Crippen molar-refractivity contribution in [3.05, 3.63) is 29.8 Å². The molecule has 0 saturated carbocycles. The summed E-state index contributed by atoms with van der Waals surface area (Å²) >= 11 is 0. The molecule has 24 heavy (non-hydrogen) atoms. The molecule has 0 bridgehead atoms. The summed E-state index contributed by atoms with van der Waals surface area (Å²) in [4.78, 5) is 26.6. The fourth-order valence-corrected chi connectivity index (χ4v) is 3.25. The first-order valence-corrected chi connectivity index (χ1v) is 8.20. The van der Waals surface area contributed by atoms with Gasteiger partial charge in [-0.3, -0.25) is 9.59 Å². The SMILES string of the molecule is Cl.NCCNC(=O)C1CCCN(C(=O)C2Cc3ccccc3O2)C1. The molecule has 2 amide bonds. The van der Waals surface area contributed by atoms with Gasteiger partial charge in [-0.1, -0.05) is 18.2 Å². The maximum Gasteiger partial charge on any atom is 0.264 e. The summed E-state index contributed by atoms with van der Waals surface area (Å²) in [7, 11) is 0. The van der Waals surface area contributed by atoms with E-state index < -0.39 is 6.10 Å². The van der Waals surface area contributed by atoms with Crippen LogP contribution in [-0.2, 0) is 16.0 Å². The number of nitrogens with zero attached hydrogens (tertiary/aromatic N) is 1. The van der Waals surface area contributed by atoms with Gasteiger partial charge in [-0.05, 0) is 24.5 Å². The Morgan fingerprint density at radius 2 is 2.12 bits per heavy atom. The molecule has 0 aromatic heterocycles. The molecular weight excluding hydrogens is 330 g/mol. The first kappa shape index (κ1) is 18.5. The molecule has 2 aliphatic rings. The minimum atomic E-state index is -0.460. The van der Waals surface area contributed by atoms with Gasteiger partial charge in [0.05, 0.1) is 5.92 Å². The van der Waals surface area contributed by atoms with E-state index >= 15 is 0 Å². The Kier molecular flexibility index (Phi) is 6.45. The monoisotopic (exact) mass is 353 g/mol. The van der Waals surface area contributed by atoms with E-state index in [4.69, 9.17) is 10.5 Å². The zero-order chi connectivity index (χ0) is 16.2. The fraction of sp³-hybridized carbons (Fsp3) is 0.529. The van der Waals surface area contributed by atoms with E-state index in [1.54, 1.807) is 4.90 Å². The van der Waals surface area contributed by atoms with Crippen molar-refractivity contribution in [1.82, 2.24) is 10.2 Å². The van der Waals surface area contributed by atoms with Crippen molar-refractivity contribution in [3.8, 4) is 5.75 Å². The normalized spacial score (nSPS) is 22.1. The molecule has 6 nitrogen and oxygen atoms in total. The van der Waals surface area contributed by atoms with E-state index in [-0.39, 0.29) is 30.1 Å². The molecule has 2 atom stereocenters. The van der Waals surface area contributed by atoms with Gasteiger partial charge in [-0.15, -0.1) is 12.4 Å². The highest BCUT2D eigenvalue weighted by Gasteiger charge is 2.35. The van der Waals surface area contributed by atoms with E-state index in [9.17, 15) is 9.59 Å². The van der Waals surface area contributed by atoms with Gasteiger partial charge >= 0.3 is 0 Å². The summed E-state index contributed by atoms with van der Waals surface area (Å²) in [5.41, 5.74) is 6.48. The van der Waals surface area contributed by atoms with E-state index in [1.165, 1.54) is 0 Å². The number of halogens is 1. The maximum absolute atomic E-state index is 12.7. The van der Waals surface area contributed by atoms with Gasteiger partial charge in [0, 0.05) is 32.6 Å². The molecule has 3 N–H and O–H groups in total. The third-order valence-corrected chi connectivity index (χ3v) is 4.47. The predicted octanol–water partition coefficient (Wildman–Crippen LogP) is 0.725. The average molecular weight is 354 g/mol. The Labute approximate surface area is 148 Å². The van der Waals surface area contributed by atoms with Crippen LogP contribution in [0.2, 0.25) is 0 Å². The van der Waals surface area contributed by atoms with Gasteiger partial charge in [0.15, 0.2) is 6.10 Å². The first-order valence-electron chi connectivity index (χ1n) is 8.20. The number of amides is 2. The Balaban J connectivity index is 0.00000208. The minimum absolute atomic E-state index is 0. The van der Waals surface area contributed by atoms with Crippen molar-refractivity contribution in [1.29, 1.82) is 0 Å². The molecule has 7 heteroatoms. The number of rotatable bonds is 4. The van der Waals surface area contributed by atoms with Crippen molar-refractivity contribution in [3.63, 3.8) is 0 Å². The first-order chi connectivity index (χ1) is 11.2. The molecule has 3 rings (SSSR count). The number of para-hydroxylation sites is 1. The quantitative estimate of drug-likeness (QED) is 0.835. The lowest BCUT2D eigenvalue weighted by Crippen LogP contribution is -2.49. The second-order valence-corrected chi connectivity index (χ2v) is 6.12. The van der Waals surface area contributed by atoms with Gasteiger partial charge in [0.25, 0.3) is 5.91 Å². The molecule has 1 saturated heterocycles. The number of nitrogens with two attached hydrogens (primary N) is 1. The largest absolute Gasteiger partial charge is 0.480 e. The average Bonchev–Trinajstić information content (AvgIpc) is 3.03. The van der Waals surface area contributed by atoms with Crippen molar-refractivity contribution in [2.75, 3.05) is 26.2 Å². The topological polar surface area (TPSA) is 84.7 Å². The van der Waals surface area contributed by atoms with E-state index in [1.807, 2.05) is 24.3 Å². The molecule has 1 aromatic carbocycles. The molecule has 1 aromatic rings. The van der Waals surface area contributed by atoms with E-state index in [0.29, 0.717) is 32.6 Å². The van der Waals surface area contributed by atoms with Gasteiger partial charge in [0.1, 0.15) is 5.75 Å². The molecule has 132 valence electrons. The summed E-state index contributed by atoms with van der Waals surface area (Å²) < 4.78 is 5.77. The summed E-state index contributed by atoms with van der Waals surface area (Å²) in [6.45, 7) is 2.06. The van der Waals surface area contributed by atoms with Gasteiger partial charge in [-0.2, -0.15) is 0 Å². The zero-order valence-corrected chi connectivity index (χ0v) is 14.4. The Morgan fingerprint density at radius 3 is 2.88 bits per heavy atom. The van der Waals surface area contributed by atoms with Crippen LogP contribution in [0.4, 0.5) is 0 Å². The molecule has 0 aliphatic carbocycles. The highest BCUT2D eigenvalue weighted by atomic mass is 35.5. The van der Waals surface area contributed by atoms with Crippen molar-refractivity contribution < 1.29 is 14.3 Å². The number of nitrogens with one attached hydrogen (secondary N) is 1. The van der Waals surface area contributed by atoms with E-state index in [2.05, 4.69) is 5.32 Å². The van der Waals surface area contributed by atoms with Gasteiger partial charge in [-0.25, -0.2) is 0 Å². The number of piperidine rings is 1. The number of carbonyl (C=O) groups excluding carboxylic acids is 2. The smallest absolute Gasteiger partial charge is 0.264 e. The molecule has 2 unspecified atom stereocenters. The minimum Gasteiger partial charge on any atom is -0.480 e. The van der Waals surface area contributed by atoms with Crippen LogP contribution in [0.3, 0.4) is 0 Å². The maximum atomic E-state index is 12.7. The van der Waals surface area contributed by atoms with Crippen LogP contribution >= 0.6 is 12.4 Å². The zero-order valence-electron chi connectivity index (χ0n) is 13.6. The molecule has 1 fully saturated rings. The third kappa shape index (κ3) is 3.99. The molecular formula is C17H24ClN3O3. The fourth-order valence-electron chi connectivity index (χ4n) is 3.25. The summed E-state index contributed by atoms with van der Waals surface area (Å²) in [6, 6.07) is 7.74. The van der Waals surface area contributed by atoms with E-state index in [0.717, 1.165) is 24.2 Å². The van der Waals surface area contributed by atoms with Crippen molar-refractivity contribution in [2.45, 2.75) is 25.4 Å². The Morgan fingerprint density at radius 1 is 1.33 bits per heavy atom. The van der Waals surface area contributed by atoms with Crippen LogP contribution in [0, 0.1) is 5.92 Å². The number of benzene rings is 1. The number of hydrogen-bond donors (Lipinski definition) is 2. The second kappa shape index (κ2) is 8.35. The van der Waals surface area contributed by atoms with Crippen LogP contribution in [0.5, 0.6) is 5.75 Å². The standard InChI is InChI=1S/C17H23N3O3.ClH/c18-7-8-19-16(21)13-5-3-9-20(11-13)17(22)15-10-12-4-1-2-6-14(12)23-15;/h1-2,4,6,13,15H,3,5,7-11,18H2,(H,19,21);1H. The predicted molar refractivity (Wildman–Crippen MR) is 93.2 cm³/mol. The van der Waals surface area contributed by atoms with Crippen LogP contribution in [-0.4, -0.2) is 49.0 Å². The summed E-state index contributed by atoms with van der Waals surface area (Å²) in [5.74, 6) is 0.615. The number of likely N-dealkylation sites (tertiary alicyclic amines) is 1. The van der Waals surface area contributed by atoms with Crippen LogP contribution in [0.25, 0.3) is 0 Å². The lowest BCUT2D eigenvalue weighted by Gasteiger charge is -2.33. The third-order valence-electron chi connectivity index (χ3n) is 4.47. The Bertz CT molecular complexity index is 571. The van der Waals surface area contributed by atoms with Crippen molar-refractivity contribution >= 4 is 24.2 Å². The molecule has 0 spiro atoms. The lowest BCUT2D eigenvalue weighted by atomic mass is 9.96. The number of hydrogen-bond acceptors (Lipinski definition) is 4. The molecule has 2 heterocycles. The van der Waals surface area contributed by atoms with Gasteiger partial charge in [0.2, 0.25) is 5.91 Å². The summed E-state index contributed by atoms with van der Waals surface area (Å²) in [5, 5.41) is 2.81. The molecule has 2 aliphatic heterocycles. The number of carbonyl (C=O) groups is 2. The second-order valence-electron chi connectivity index (χ2n) is 6.12. The van der Waals surface area contributed by atoms with Crippen molar-refractivity contribution in [2.24, 2.45) is 11.7 Å². The van der Waals surface area contributed by atoms with Crippen LogP contribution in [0.1, 0.15) is 18.4 Å². The highest BCUT2D eigenvalue weighted by Crippen LogP contribution is 2.29. The lowest BCUT2D eigenvalue weighted by molar-refractivity contribution is -0.141. The summed E-state index contributed by atoms with van der Waals surface area (Å²) in [6.07, 6.45) is 1.80. The van der Waals surface area contributed by atoms with Crippen LogP contribution < -0.4 is 15.8 Å². The Hall–Kier alpha value is -1.79. The number of ether oxygens (including phenoxy) is 1. The van der Waals surface area contributed by atoms with Gasteiger partial charge < -0.3 is 20.7 Å². The number of fused-ring (bicyclic) bond motifs is 1. The highest BCUT2D eigenvalue weighted by molar-refractivity contribution is 5.85. The molecule has 0 radical (unpaired) electrons.